The molecule has 5 aromatic heterocycles. The predicted molar refractivity (Wildman–Crippen MR) is 341 cm³/mol. The van der Waals surface area contributed by atoms with E-state index in [0.29, 0.717) is 119 Å². The number of nitrogens with two attached hydrogens (primary N) is 1. The minimum atomic E-state index is -2.97. The van der Waals surface area contributed by atoms with Crippen molar-refractivity contribution in [2.24, 2.45) is 18.7 Å². The van der Waals surface area contributed by atoms with Gasteiger partial charge in [-0.05, 0) is 144 Å². The molecule has 5 saturated heterocycles. The Bertz CT molecular complexity index is 3960. The lowest BCUT2D eigenvalue weighted by molar-refractivity contribution is -0.133. The van der Waals surface area contributed by atoms with Crippen LogP contribution in [0.15, 0.2) is 78.1 Å². The fourth-order valence-corrected chi connectivity index (χ4v) is 14.6. The molecule has 13 rings (SSSR count). The van der Waals surface area contributed by atoms with Crippen LogP contribution in [0.25, 0.3) is 16.7 Å². The number of hydrogen-bond acceptors (Lipinski definition) is 17. The van der Waals surface area contributed by atoms with Crippen molar-refractivity contribution in [3.63, 3.8) is 0 Å². The summed E-state index contributed by atoms with van der Waals surface area (Å²) in [6, 6.07) is 14.8. The molecule has 0 radical (unpaired) electrons. The SMILES string of the molecule is Cn1c(=O)n(C2CCC(O)NC2=O)c2cccc(CCCCN(CCNC(=O)[C@H]3CC[C@H](n4cc(NC(=O)c5cnn6ccc(N7C[C@H]8C[C@@H]7CO8)nc56)c(C(F)F)n4)CC3)CC(=O)N3CCC(c4ccc(Nc5nc(N6CCCCC6)cnc5C(N)=O)cc4)CC3)c21. The molecule has 7 N–H and O–H groups in total. The van der Waals surface area contributed by atoms with Gasteiger partial charge in [-0.25, -0.2) is 33.0 Å². The first-order valence-electron chi connectivity index (χ1n) is 32.8. The van der Waals surface area contributed by atoms with Crippen molar-refractivity contribution in [2.75, 3.05) is 85.9 Å². The Hall–Kier alpha value is -8.89. The number of primary amides is 1. The first-order valence-corrected chi connectivity index (χ1v) is 32.8. The summed E-state index contributed by atoms with van der Waals surface area (Å²) in [5, 5.41) is 30.2. The number of imidazole rings is 1. The van der Waals surface area contributed by atoms with Crippen LogP contribution < -0.4 is 42.5 Å². The standard InChI is InChI=1S/C65H80F2N18O8/c1-78-57-41(9-7-10-49(57)85(65(78)92)50-19-20-53(86)76-64(50)91)8-3-6-25-79(37-54(87)81-28-21-40(22-29-81)39-11-15-43(16-12-39)72-60-56(59(68)88)70-34-52(74-60)80-26-4-2-5-27-80)31-24-69-62(89)42-13-17-44(18-14-42)84-36-48(55(77-84)58(66)67)73-63(90)47-33-71-83-30-23-51(75-61(47)83)82-35-46-32-45(82)38-93-46/h7,9-12,15-16,23,30,33-34,36,40,42,44-46,50,53,58,86H,2-6,8,13-14,17-22,24-29,31-32,35,37-38H2,1H3,(H2,68,88)(H,69,89)(H,72,74)(H,73,90)(H,76,91)/t42-,44-,45-,46-,50?,53?/m1/s1. The number of aryl methyl sites for hydroxylation is 2. The molecule has 10 heterocycles. The van der Waals surface area contributed by atoms with E-state index in [1.165, 1.54) is 32.6 Å². The van der Waals surface area contributed by atoms with Crippen molar-refractivity contribution in [1.29, 1.82) is 0 Å². The molecule has 2 aromatic carbocycles. The zero-order chi connectivity index (χ0) is 64.4. The maximum Gasteiger partial charge on any atom is 0.329 e. The highest BCUT2D eigenvalue weighted by Crippen LogP contribution is 2.37. The van der Waals surface area contributed by atoms with Gasteiger partial charge in [0.2, 0.25) is 17.7 Å². The Labute approximate surface area is 535 Å². The Balaban J connectivity index is 0.625. The number of morpholine rings is 1. The molecule has 28 heteroatoms. The molecule has 7 aromatic rings. The lowest BCUT2D eigenvalue weighted by Gasteiger charge is -2.34. The molecule has 5 aliphatic heterocycles. The first kappa shape index (κ1) is 62.9. The molecular formula is C65H80F2N18O8. The minimum Gasteiger partial charge on any atom is -0.374 e. The number of piperidine rings is 3. The van der Waals surface area contributed by atoms with Crippen LogP contribution in [-0.2, 0) is 32.6 Å². The van der Waals surface area contributed by atoms with E-state index in [9.17, 15) is 42.7 Å². The second-order valence-electron chi connectivity index (χ2n) is 25.7. The fraction of sp³-hybridized carbons (Fsp3) is 0.523. The normalized spacial score (nSPS) is 21.9. The van der Waals surface area contributed by atoms with E-state index >= 15 is 0 Å². The van der Waals surface area contributed by atoms with Gasteiger partial charge in [0, 0.05) is 76.9 Å². The third-order valence-electron chi connectivity index (χ3n) is 19.7. The van der Waals surface area contributed by atoms with Crippen molar-refractivity contribution in [1.82, 2.24) is 63.9 Å². The number of fused-ring (bicyclic) bond motifs is 4. The Morgan fingerprint density at radius 1 is 0.882 bits per heavy atom. The summed E-state index contributed by atoms with van der Waals surface area (Å²) in [6.07, 6.45) is 12.8. The van der Waals surface area contributed by atoms with Crippen molar-refractivity contribution in [3.8, 4) is 0 Å². The van der Waals surface area contributed by atoms with Crippen LogP contribution in [0.3, 0.4) is 0 Å². The molecule has 4 atom stereocenters. The van der Waals surface area contributed by atoms with Crippen molar-refractivity contribution >= 4 is 75.0 Å². The average Bonchev–Trinajstić information content (AvgIpc) is 1.62. The van der Waals surface area contributed by atoms with Gasteiger partial charge in [0.25, 0.3) is 18.2 Å². The van der Waals surface area contributed by atoms with E-state index in [-0.39, 0.29) is 77.6 Å². The number of para-hydroxylation sites is 1. The van der Waals surface area contributed by atoms with Crippen molar-refractivity contribution in [3.05, 3.63) is 112 Å². The Kier molecular flexibility index (Phi) is 18.5. The van der Waals surface area contributed by atoms with Crippen LogP contribution in [0.4, 0.5) is 37.6 Å². The summed E-state index contributed by atoms with van der Waals surface area (Å²) in [5.74, 6) is -0.256. The number of benzene rings is 2. The van der Waals surface area contributed by atoms with Gasteiger partial charge in [-0.2, -0.15) is 10.2 Å². The number of ether oxygens (including phenoxy) is 1. The van der Waals surface area contributed by atoms with Crippen LogP contribution in [0.1, 0.15) is 152 Å². The van der Waals surface area contributed by atoms with Crippen LogP contribution in [0.2, 0.25) is 0 Å². The van der Waals surface area contributed by atoms with E-state index in [0.717, 1.165) is 73.9 Å². The lowest BCUT2D eigenvalue weighted by Crippen LogP contribution is -2.46. The van der Waals surface area contributed by atoms with Gasteiger partial charge in [-0.15, -0.1) is 0 Å². The number of likely N-dealkylation sites (tertiary alicyclic amines) is 1. The number of aliphatic hydroxyl groups is 1. The van der Waals surface area contributed by atoms with Gasteiger partial charge >= 0.3 is 5.69 Å². The number of nitrogens with one attached hydrogen (secondary N) is 4. The number of rotatable bonds is 22. The van der Waals surface area contributed by atoms with E-state index in [1.54, 1.807) is 24.0 Å². The number of unbranched alkanes of at least 4 members (excludes halogenated alkanes) is 1. The molecular weight excluding hydrogens is 1200 g/mol. The summed E-state index contributed by atoms with van der Waals surface area (Å²) in [5.41, 5.74) is 9.45. The molecule has 26 nitrogen and oxygen atoms in total. The summed E-state index contributed by atoms with van der Waals surface area (Å²) < 4.78 is 41.0. The molecule has 1 saturated carbocycles. The number of carbonyl (C=O) groups excluding carboxylic acids is 5. The summed E-state index contributed by atoms with van der Waals surface area (Å²) in [4.78, 5) is 103. The second kappa shape index (κ2) is 27.4. The second-order valence-corrected chi connectivity index (χ2v) is 25.7. The third kappa shape index (κ3) is 13.5. The highest BCUT2D eigenvalue weighted by Gasteiger charge is 2.40. The van der Waals surface area contributed by atoms with Gasteiger partial charge in [-0.1, -0.05) is 24.3 Å². The molecule has 0 spiro atoms. The lowest BCUT2D eigenvalue weighted by atomic mass is 9.85. The fourth-order valence-electron chi connectivity index (χ4n) is 14.6. The molecule has 6 aliphatic rings. The molecule has 6 fully saturated rings. The maximum atomic E-state index is 14.6. The monoisotopic (exact) mass is 1280 g/mol. The summed E-state index contributed by atoms with van der Waals surface area (Å²) in [6.45, 7) is 5.58. The van der Waals surface area contributed by atoms with E-state index in [4.69, 9.17) is 20.4 Å². The van der Waals surface area contributed by atoms with E-state index < -0.39 is 42.1 Å². The van der Waals surface area contributed by atoms with E-state index in [2.05, 4.69) is 63.3 Å². The molecule has 2 unspecified atom stereocenters. The zero-order valence-electron chi connectivity index (χ0n) is 52.2. The molecule has 1 aliphatic carbocycles. The Morgan fingerprint density at radius 3 is 2.41 bits per heavy atom. The predicted octanol–water partition coefficient (Wildman–Crippen LogP) is 5.72. The minimum absolute atomic E-state index is 0.00545. The quantitative estimate of drug-likeness (QED) is 0.0442. The smallest absolute Gasteiger partial charge is 0.329 e. The molecule has 492 valence electrons. The highest BCUT2D eigenvalue weighted by atomic mass is 19.3. The average molecular weight is 1280 g/mol. The van der Waals surface area contributed by atoms with Gasteiger partial charge in [0.15, 0.2) is 22.9 Å². The number of halogens is 2. The molecule has 5 amide bonds. The third-order valence-corrected chi connectivity index (χ3v) is 19.7. The maximum absolute atomic E-state index is 14.6. The van der Waals surface area contributed by atoms with Crippen LogP contribution in [0, 0.1) is 5.92 Å². The van der Waals surface area contributed by atoms with Gasteiger partial charge < -0.3 is 51.5 Å². The number of anilines is 5. The van der Waals surface area contributed by atoms with Crippen LogP contribution in [-0.4, -0.2) is 172 Å². The largest absolute Gasteiger partial charge is 0.374 e. The molecule has 2 bridgehead atoms. The van der Waals surface area contributed by atoms with E-state index in [1.807, 2.05) is 41.3 Å². The number of carbonyl (C=O) groups is 5. The zero-order valence-corrected chi connectivity index (χ0v) is 52.2. The Morgan fingerprint density at radius 2 is 1.68 bits per heavy atom. The van der Waals surface area contributed by atoms with Crippen molar-refractivity contribution in [2.45, 2.75) is 139 Å². The number of alkyl halides is 2. The number of nitrogens with zero attached hydrogens (tertiary/aromatic N) is 13. The van der Waals surface area contributed by atoms with Crippen molar-refractivity contribution < 1.29 is 42.6 Å². The molecule has 93 heavy (non-hydrogen) atoms. The first-order chi connectivity index (χ1) is 45.1. The van der Waals surface area contributed by atoms with Gasteiger partial charge in [0.05, 0.1) is 60.5 Å². The van der Waals surface area contributed by atoms with Crippen LogP contribution >= 0.6 is 0 Å². The summed E-state index contributed by atoms with van der Waals surface area (Å²) >= 11 is 0. The topological polar surface area (TPSA) is 303 Å². The van der Waals surface area contributed by atoms with Gasteiger partial charge in [-0.3, -0.25) is 42.7 Å². The van der Waals surface area contributed by atoms with Crippen LogP contribution in [0.5, 0.6) is 0 Å². The summed E-state index contributed by atoms with van der Waals surface area (Å²) in [7, 11) is 1.70. The van der Waals surface area contributed by atoms with Gasteiger partial charge in [0.1, 0.15) is 29.5 Å². The number of hydrogen-bond donors (Lipinski definition) is 6. The number of aromatic nitrogens is 9. The highest BCUT2D eigenvalue weighted by molar-refractivity contribution is 6.08. The number of aliphatic hydroxyl groups excluding tert-OH is 1. The number of amides is 5.